The van der Waals surface area contributed by atoms with Gasteiger partial charge in [0.15, 0.2) is 0 Å². The van der Waals surface area contributed by atoms with E-state index >= 15 is 0 Å². The highest BCUT2D eigenvalue weighted by Gasteiger charge is 2.13. The quantitative estimate of drug-likeness (QED) is 0.496. The summed E-state index contributed by atoms with van der Waals surface area (Å²) in [6.45, 7) is 1.93. The summed E-state index contributed by atoms with van der Waals surface area (Å²) in [7, 11) is 0. The fourth-order valence-electron chi connectivity index (χ4n) is 3.02. The number of carbonyl (C=O) groups excluding carboxylic acids is 1. The van der Waals surface area contributed by atoms with E-state index in [-0.39, 0.29) is 17.2 Å². The van der Waals surface area contributed by atoms with E-state index in [0.717, 1.165) is 32.5 Å². The number of carbonyl (C=O) groups is 1. The Hall–Kier alpha value is -3.38. The lowest BCUT2D eigenvalue weighted by molar-refractivity contribution is 0.103. The van der Waals surface area contributed by atoms with Crippen LogP contribution < -0.4 is 16.6 Å². The molecule has 4 rings (SSSR count). The Labute approximate surface area is 159 Å². The molecule has 0 radical (unpaired) electrons. The summed E-state index contributed by atoms with van der Waals surface area (Å²) in [5.41, 5.74) is 8.89. The van der Waals surface area contributed by atoms with Crippen LogP contribution in [0.25, 0.3) is 21.2 Å². The van der Waals surface area contributed by atoms with Gasteiger partial charge in [-0.15, -0.1) is 11.3 Å². The first-order valence-corrected chi connectivity index (χ1v) is 9.23. The van der Waals surface area contributed by atoms with Gasteiger partial charge in [-0.2, -0.15) is 0 Å². The number of thiophene rings is 1. The van der Waals surface area contributed by atoms with Crippen molar-refractivity contribution in [2.24, 2.45) is 0 Å². The van der Waals surface area contributed by atoms with Gasteiger partial charge in [-0.1, -0.05) is 30.3 Å². The van der Waals surface area contributed by atoms with E-state index in [0.29, 0.717) is 4.88 Å². The monoisotopic (exact) mass is 375 g/mol. The minimum absolute atomic E-state index is 0.141. The number of aromatic nitrogens is 1. The van der Waals surface area contributed by atoms with Crippen LogP contribution in [0.1, 0.15) is 15.2 Å². The largest absolute Gasteiger partial charge is 0.394 e. The topological polar surface area (TPSA) is 88.0 Å². The Morgan fingerprint density at radius 3 is 2.70 bits per heavy atom. The number of benzene rings is 2. The third-order valence-corrected chi connectivity index (χ3v) is 5.59. The van der Waals surface area contributed by atoms with E-state index in [9.17, 15) is 9.59 Å². The number of hydrogen-bond acceptors (Lipinski definition) is 4. The average Bonchev–Trinajstić information content (AvgIpc) is 3.10. The molecule has 1 amide bonds. The molecule has 0 spiro atoms. The molecular weight excluding hydrogens is 358 g/mol. The second-order valence-corrected chi connectivity index (χ2v) is 7.34. The van der Waals surface area contributed by atoms with E-state index in [1.165, 1.54) is 11.3 Å². The van der Waals surface area contributed by atoms with E-state index in [4.69, 9.17) is 5.73 Å². The van der Waals surface area contributed by atoms with Crippen LogP contribution in [0.15, 0.2) is 65.6 Å². The van der Waals surface area contributed by atoms with Crippen LogP contribution in [0.2, 0.25) is 0 Å². The first kappa shape index (κ1) is 17.1. The van der Waals surface area contributed by atoms with Crippen LogP contribution in [0.5, 0.6) is 0 Å². The zero-order valence-electron chi connectivity index (χ0n) is 14.6. The van der Waals surface area contributed by atoms with Crippen LogP contribution in [0.3, 0.4) is 0 Å². The fraction of sp³-hybridized carbons (Fsp3) is 0.0476. The third kappa shape index (κ3) is 3.22. The standard InChI is InChI=1S/C21H17N3O2S/c1-12-15(14-9-16(22)20(25)23-11-14)6-4-7-17(12)24-21(26)19-10-13-5-2-3-8-18(13)27-19/h2-11H,22H2,1H3,(H,23,25)(H,24,26). The van der Waals surface area contributed by atoms with Gasteiger partial charge in [0.2, 0.25) is 0 Å². The first-order chi connectivity index (χ1) is 13.0. The van der Waals surface area contributed by atoms with Gasteiger partial charge in [0.25, 0.3) is 11.5 Å². The maximum atomic E-state index is 12.7. The Morgan fingerprint density at radius 1 is 1.11 bits per heavy atom. The molecule has 134 valence electrons. The van der Waals surface area contributed by atoms with Gasteiger partial charge < -0.3 is 16.0 Å². The number of nitrogens with one attached hydrogen (secondary N) is 2. The smallest absolute Gasteiger partial charge is 0.271 e. The van der Waals surface area contributed by atoms with Crippen molar-refractivity contribution >= 4 is 38.7 Å². The number of amides is 1. The van der Waals surface area contributed by atoms with Crippen molar-refractivity contribution in [3.8, 4) is 11.1 Å². The van der Waals surface area contributed by atoms with Crippen molar-refractivity contribution in [2.75, 3.05) is 11.1 Å². The molecule has 0 atom stereocenters. The van der Waals surface area contributed by atoms with Gasteiger partial charge in [0.05, 0.1) is 10.6 Å². The minimum Gasteiger partial charge on any atom is -0.394 e. The van der Waals surface area contributed by atoms with Crippen molar-refractivity contribution in [3.63, 3.8) is 0 Å². The predicted molar refractivity (Wildman–Crippen MR) is 111 cm³/mol. The molecule has 2 heterocycles. The predicted octanol–water partition coefficient (Wildman–Crippen LogP) is 4.40. The number of nitrogen functional groups attached to an aromatic ring is 1. The molecule has 0 bridgehead atoms. The van der Waals surface area contributed by atoms with Crippen LogP contribution >= 0.6 is 11.3 Å². The highest BCUT2D eigenvalue weighted by Crippen LogP contribution is 2.30. The van der Waals surface area contributed by atoms with Crippen molar-refractivity contribution in [1.82, 2.24) is 4.98 Å². The summed E-state index contributed by atoms with van der Waals surface area (Å²) >= 11 is 1.47. The molecule has 2 aromatic carbocycles. The fourth-order valence-corrected chi connectivity index (χ4v) is 3.98. The number of aromatic amines is 1. The summed E-state index contributed by atoms with van der Waals surface area (Å²) in [5.74, 6) is -0.141. The SMILES string of the molecule is Cc1c(NC(=O)c2cc3ccccc3s2)cccc1-c1c[nH]c(=O)c(N)c1. The molecule has 0 aliphatic rings. The zero-order valence-corrected chi connectivity index (χ0v) is 15.4. The molecule has 0 saturated carbocycles. The zero-order chi connectivity index (χ0) is 19.0. The van der Waals surface area contributed by atoms with Gasteiger partial charge in [0, 0.05) is 22.1 Å². The molecule has 0 saturated heterocycles. The van der Waals surface area contributed by atoms with Crippen molar-refractivity contribution in [3.05, 3.63) is 81.6 Å². The first-order valence-electron chi connectivity index (χ1n) is 8.41. The maximum Gasteiger partial charge on any atom is 0.271 e. The maximum absolute atomic E-state index is 12.7. The van der Waals surface area contributed by atoms with Gasteiger partial charge in [-0.25, -0.2) is 0 Å². The van der Waals surface area contributed by atoms with E-state index in [1.807, 2.05) is 55.5 Å². The molecule has 0 aliphatic carbocycles. The third-order valence-electron chi connectivity index (χ3n) is 4.47. The van der Waals surface area contributed by atoms with Gasteiger partial charge in [-0.05, 0) is 47.7 Å². The molecule has 0 unspecified atom stereocenters. The Balaban J connectivity index is 1.67. The van der Waals surface area contributed by atoms with Crippen LogP contribution in [0, 0.1) is 6.92 Å². The molecule has 27 heavy (non-hydrogen) atoms. The average molecular weight is 375 g/mol. The van der Waals surface area contributed by atoms with Crippen LogP contribution in [-0.2, 0) is 0 Å². The lowest BCUT2D eigenvalue weighted by atomic mass is 10.00. The Bertz CT molecular complexity index is 1190. The highest BCUT2D eigenvalue weighted by atomic mass is 32.1. The van der Waals surface area contributed by atoms with Crippen LogP contribution in [0.4, 0.5) is 11.4 Å². The van der Waals surface area contributed by atoms with Gasteiger partial charge in [-0.3, -0.25) is 9.59 Å². The molecule has 6 heteroatoms. The molecular formula is C21H17N3O2S. The molecule has 0 aliphatic heterocycles. The van der Waals surface area contributed by atoms with Crippen molar-refractivity contribution in [1.29, 1.82) is 0 Å². The van der Waals surface area contributed by atoms with Gasteiger partial charge in [0.1, 0.15) is 0 Å². The summed E-state index contributed by atoms with van der Waals surface area (Å²) in [4.78, 5) is 27.5. The molecule has 0 fully saturated rings. The second-order valence-electron chi connectivity index (χ2n) is 6.25. The van der Waals surface area contributed by atoms with E-state index in [1.54, 1.807) is 12.3 Å². The Morgan fingerprint density at radius 2 is 1.93 bits per heavy atom. The normalized spacial score (nSPS) is 10.9. The Kier molecular flexibility index (Phi) is 4.25. The van der Waals surface area contributed by atoms with Crippen molar-refractivity contribution in [2.45, 2.75) is 6.92 Å². The number of anilines is 2. The number of hydrogen-bond donors (Lipinski definition) is 3. The highest BCUT2D eigenvalue weighted by molar-refractivity contribution is 7.20. The molecule has 4 N–H and O–H groups in total. The van der Waals surface area contributed by atoms with Gasteiger partial charge >= 0.3 is 0 Å². The summed E-state index contributed by atoms with van der Waals surface area (Å²) in [6, 6.07) is 17.1. The molecule has 5 nitrogen and oxygen atoms in total. The lowest BCUT2D eigenvalue weighted by Crippen LogP contribution is -2.12. The summed E-state index contributed by atoms with van der Waals surface area (Å²) in [6.07, 6.45) is 1.62. The summed E-state index contributed by atoms with van der Waals surface area (Å²) < 4.78 is 1.08. The number of pyridine rings is 1. The van der Waals surface area contributed by atoms with Crippen LogP contribution in [-0.4, -0.2) is 10.9 Å². The van der Waals surface area contributed by atoms with E-state index in [2.05, 4.69) is 10.3 Å². The summed E-state index contributed by atoms with van der Waals surface area (Å²) in [5, 5.41) is 4.05. The lowest BCUT2D eigenvalue weighted by Gasteiger charge is -2.12. The second kappa shape index (κ2) is 6.74. The molecule has 2 aromatic heterocycles. The van der Waals surface area contributed by atoms with E-state index < -0.39 is 0 Å². The minimum atomic E-state index is -0.314. The number of nitrogens with two attached hydrogens (primary N) is 1. The number of fused-ring (bicyclic) bond motifs is 1. The number of rotatable bonds is 3. The number of H-pyrrole nitrogens is 1. The molecule has 4 aromatic rings. The van der Waals surface area contributed by atoms with Crippen molar-refractivity contribution < 1.29 is 4.79 Å².